The second-order valence-corrected chi connectivity index (χ2v) is 7.15. The molecule has 0 aliphatic rings. The van der Waals surface area contributed by atoms with Crippen molar-refractivity contribution in [1.29, 1.82) is 0 Å². The highest BCUT2D eigenvalue weighted by atomic mass is 32.2. The van der Waals surface area contributed by atoms with Crippen LogP contribution in [-0.2, 0) is 20.2 Å². The van der Waals surface area contributed by atoms with Crippen LogP contribution < -0.4 is 4.74 Å². The van der Waals surface area contributed by atoms with Crippen LogP contribution in [0.3, 0.4) is 0 Å². The largest absolute Gasteiger partial charge is 0.497 e. The highest BCUT2D eigenvalue weighted by Crippen LogP contribution is 2.29. The van der Waals surface area contributed by atoms with Crippen molar-refractivity contribution in [1.82, 2.24) is 0 Å². The summed E-state index contributed by atoms with van der Waals surface area (Å²) in [6.07, 6.45) is 0. The molecule has 0 aliphatic carbocycles. The standard InChI is InChI=1S/C17H20O5S/c1-21-15-8-10-16(11-9-15)23(19,20)13-17(12-18,22-2)14-6-4-3-5-7-14/h3-11,18H,12-13H2,1-2H3. The fourth-order valence-electron chi connectivity index (χ4n) is 2.38. The van der Waals surface area contributed by atoms with Gasteiger partial charge in [-0.15, -0.1) is 0 Å². The third-order valence-corrected chi connectivity index (χ3v) is 5.62. The predicted octanol–water partition coefficient (Wildman–Crippen LogP) is 2.00. The Morgan fingerprint density at radius 2 is 1.61 bits per heavy atom. The number of sulfone groups is 1. The monoisotopic (exact) mass is 336 g/mol. The molecule has 0 heterocycles. The minimum atomic E-state index is -3.66. The van der Waals surface area contributed by atoms with Crippen molar-refractivity contribution in [3.63, 3.8) is 0 Å². The van der Waals surface area contributed by atoms with Gasteiger partial charge in [0.15, 0.2) is 9.84 Å². The third-order valence-electron chi connectivity index (χ3n) is 3.79. The Balaban J connectivity index is 2.38. The summed E-state index contributed by atoms with van der Waals surface area (Å²) < 4.78 is 35.9. The first kappa shape index (κ1) is 17.5. The summed E-state index contributed by atoms with van der Waals surface area (Å²) in [6.45, 7) is -0.442. The van der Waals surface area contributed by atoms with E-state index in [9.17, 15) is 13.5 Å². The number of rotatable bonds is 7. The van der Waals surface area contributed by atoms with Gasteiger partial charge in [-0.2, -0.15) is 0 Å². The first-order valence-corrected chi connectivity index (χ1v) is 8.71. The van der Waals surface area contributed by atoms with Gasteiger partial charge in [-0.1, -0.05) is 30.3 Å². The molecule has 5 nitrogen and oxygen atoms in total. The summed E-state index contributed by atoms with van der Waals surface area (Å²) in [5.74, 6) is 0.218. The van der Waals surface area contributed by atoms with E-state index in [0.717, 1.165) is 0 Å². The molecule has 0 aromatic heterocycles. The molecule has 0 saturated heterocycles. The van der Waals surface area contributed by atoms with Crippen LogP contribution in [0.2, 0.25) is 0 Å². The van der Waals surface area contributed by atoms with E-state index in [4.69, 9.17) is 9.47 Å². The van der Waals surface area contributed by atoms with Gasteiger partial charge in [0.05, 0.1) is 24.4 Å². The van der Waals surface area contributed by atoms with E-state index in [1.54, 1.807) is 36.4 Å². The molecule has 0 fully saturated rings. The number of aliphatic hydroxyl groups is 1. The lowest BCUT2D eigenvalue weighted by Crippen LogP contribution is -2.40. The zero-order valence-corrected chi connectivity index (χ0v) is 13.9. The van der Waals surface area contributed by atoms with Crippen LogP contribution in [0.4, 0.5) is 0 Å². The maximum absolute atomic E-state index is 12.7. The first-order chi connectivity index (χ1) is 11.0. The molecule has 0 radical (unpaired) electrons. The van der Waals surface area contributed by atoms with Gasteiger partial charge in [0.2, 0.25) is 0 Å². The Bertz CT molecular complexity index is 719. The van der Waals surface area contributed by atoms with Crippen LogP contribution in [0.1, 0.15) is 5.56 Å². The zero-order valence-electron chi connectivity index (χ0n) is 13.1. The molecule has 124 valence electrons. The summed E-state index contributed by atoms with van der Waals surface area (Å²) in [5, 5.41) is 9.81. The maximum atomic E-state index is 12.7. The number of benzene rings is 2. The van der Waals surface area contributed by atoms with Crippen molar-refractivity contribution in [3.8, 4) is 5.75 Å². The Labute approximate surface area is 136 Å². The van der Waals surface area contributed by atoms with Crippen LogP contribution >= 0.6 is 0 Å². The van der Waals surface area contributed by atoms with E-state index in [2.05, 4.69) is 0 Å². The van der Waals surface area contributed by atoms with Gasteiger partial charge >= 0.3 is 0 Å². The van der Waals surface area contributed by atoms with Crippen molar-refractivity contribution in [2.45, 2.75) is 10.5 Å². The summed E-state index contributed by atoms with van der Waals surface area (Å²) in [4.78, 5) is 0.157. The number of hydrogen-bond donors (Lipinski definition) is 1. The molecule has 1 unspecified atom stereocenters. The molecule has 1 N–H and O–H groups in total. The van der Waals surface area contributed by atoms with Crippen LogP contribution in [0.25, 0.3) is 0 Å². The average Bonchev–Trinajstić information content (AvgIpc) is 2.60. The minimum Gasteiger partial charge on any atom is -0.497 e. The van der Waals surface area contributed by atoms with Gasteiger partial charge in [-0.05, 0) is 29.8 Å². The molecule has 1 atom stereocenters. The van der Waals surface area contributed by atoms with E-state index in [0.29, 0.717) is 11.3 Å². The van der Waals surface area contributed by atoms with Crippen LogP contribution in [-0.4, -0.2) is 40.1 Å². The summed E-state index contributed by atoms with van der Waals surface area (Å²) >= 11 is 0. The highest BCUT2D eigenvalue weighted by Gasteiger charge is 2.37. The summed E-state index contributed by atoms with van der Waals surface area (Å²) in [6, 6.07) is 15.0. The van der Waals surface area contributed by atoms with Crippen molar-refractivity contribution in [2.24, 2.45) is 0 Å². The molecule has 0 spiro atoms. The molecule has 6 heteroatoms. The quantitative estimate of drug-likeness (QED) is 0.837. The normalized spacial score (nSPS) is 14.2. The topological polar surface area (TPSA) is 72.8 Å². The number of methoxy groups -OCH3 is 2. The summed E-state index contributed by atoms with van der Waals surface area (Å²) in [5.41, 5.74) is -0.692. The Kier molecular flexibility index (Phi) is 5.41. The van der Waals surface area contributed by atoms with Crippen molar-refractivity contribution >= 4 is 9.84 Å². The maximum Gasteiger partial charge on any atom is 0.181 e. The van der Waals surface area contributed by atoms with E-state index in [1.165, 1.54) is 26.4 Å². The lowest BCUT2D eigenvalue weighted by atomic mass is 9.97. The van der Waals surface area contributed by atoms with Crippen molar-refractivity contribution in [3.05, 3.63) is 60.2 Å². The van der Waals surface area contributed by atoms with Gasteiger partial charge < -0.3 is 14.6 Å². The lowest BCUT2D eigenvalue weighted by molar-refractivity contribution is -0.0393. The SMILES string of the molecule is COc1ccc(S(=O)(=O)CC(CO)(OC)c2ccccc2)cc1. The van der Waals surface area contributed by atoms with Crippen LogP contribution in [0.5, 0.6) is 5.75 Å². The molecule has 2 aromatic rings. The molecule has 2 aromatic carbocycles. The molecule has 2 rings (SSSR count). The molecular formula is C17H20O5S. The van der Waals surface area contributed by atoms with Gasteiger partial charge in [0.1, 0.15) is 11.4 Å². The molecule has 0 bridgehead atoms. The van der Waals surface area contributed by atoms with E-state index in [1.807, 2.05) is 6.07 Å². The third kappa shape index (κ3) is 3.72. The molecular weight excluding hydrogens is 316 g/mol. The smallest absolute Gasteiger partial charge is 0.181 e. The van der Waals surface area contributed by atoms with Gasteiger partial charge in [0.25, 0.3) is 0 Å². The zero-order chi connectivity index (χ0) is 16.9. The van der Waals surface area contributed by atoms with Crippen LogP contribution in [0.15, 0.2) is 59.5 Å². The Morgan fingerprint density at radius 1 is 1.00 bits per heavy atom. The van der Waals surface area contributed by atoms with E-state index < -0.39 is 22.0 Å². The molecule has 0 aliphatic heterocycles. The lowest BCUT2D eigenvalue weighted by Gasteiger charge is -2.30. The van der Waals surface area contributed by atoms with Crippen molar-refractivity contribution in [2.75, 3.05) is 26.6 Å². The van der Waals surface area contributed by atoms with E-state index >= 15 is 0 Å². The number of ether oxygens (including phenoxy) is 2. The highest BCUT2D eigenvalue weighted by molar-refractivity contribution is 7.91. The number of aliphatic hydroxyl groups excluding tert-OH is 1. The molecule has 0 amide bonds. The van der Waals surface area contributed by atoms with Gasteiger partial charge in [0, 0.05) is 7.11 Å². The van der Waals surface area contributed by atoms with Crippen LogP contribution in [0, 0.1) is 0 Å². The predicted molar refractivity (Wildman–Crippen MR) is 87.3 cm³/mol. The fraction of sp³-hybridized carbons (Fsp3) is 0.294. The number of hydrogen-bond acceptors (Lipinski definition) is 5. The minimum absolute atomic E-state index is 0.157. The second kappa shape index (κ2) is 7.12. The average molecular weight is 336 g/mol. The van der Waals surface area contributed by atoms with E-state index in [-0.39, 0.29) is 10.6 Å². The first-order valence-electron chi connectivity index (χ1n) is 7.06. The second-order valence-electron chi connectivity index (χ2n) is 5.16. The Hall–Kier alpha value is -1.89. The molecule has 23 heavy (non-hydrogen) atoms. The van der Waals surface area contributed by atoms with Gasteiger partial charge in [-0.25, -0.2) is 8.42 Å². The van der Waals surface area contributed by atoms with Crippen molar-refractivity contribution < 1.29 is 23.0 Å². The summed E-state index contributed by atoms with van der Waals surface area (Å²) in [7, 11) is -0.746. The molecule has 0 saturated carbocycles. The Morgan fingerprint density at radius 3 is 2.09 bits per heavy atom. The fourth-order valence-corrected chi connectivity index (χ4v) is 4.08. The van der Waals surface area contributed by atoms with Gasteiger partial charge in [-0.3, -0.25) is 0 Å².